The van der Waals surface area contributed by atoms with Crippen molar-refractivity contribution in [1.82, 2.24) is 14.9 Å². The molecule has 0 saturated carbocycles. The number of nitrogens with zero attached hydrogens (tertiary/aromatic N) is 2. The van der Waals surface area contributed by atoms with Gasteiger partial charge in [-0.05, 0) is 31.2 Å². The molecule has 1 fully saturated rings. The summed E-state index contributed by atoms with van der Waals surface area (Å²) < 4.78 is 0. The van der Waals surface area contributed by atoms with Crippen LogP contribution in [-0.2, 0) is 0 Å². The van der Waals surface area contributed by atoms with Gasteiger partial charge in [0.25, 0.3) is 11.5 Å². The van der Waals surface area contributed by atoms with E-state index in [-0.39, 0.29) is 23.1 Å². The lowest BCUT2D eigenvalue weighted by atomic mass is 9.89. The molecule has 1 aromatic carbocycles. The van der Waals surface area contributed by atoms with Gasteiger partial charge in [-0.15, -0.1) is 0 Å². The second-order valence-electron chi connectivity index (χ2n) is 7.35. The summed E-state index contributed by atoms with van der Waals surface area (Å²) in [6.07, 6.45) is 0.867. The van der Waals surface area contributed by atoms with Crippen LogP contribution < -0.4 is 5.56 Å². The van der Waals surface area contributed by atoms with Gasteiger partial charge in [0, 0.05) is 12.2 Å². The van der Waals surface area contributed by atoms with E-state index in [2.05, 4.69) is 23.8 Å². The quantitative estimate of drug-likeness (QED) is 0.923. The van der Waals surface area contributed by atoms with Crippen molar-refractivity contribution in [2.75, 3.05) is 6.54 Å². The average molecular weight is 325 g/mol. The first kappa shape index (κ1) is 16.4. The highest BCUT2D eigenvalue weighted by molar-refractivity contribution is 5.92. The van der Waals surface area contributed by atoms with Crippen LogP contribution in [0.2, 0.25) is 0 Å². The lowest BCUT2D eigenvalue weighted by Crippen LogP contribution is -2.37. The minimum atomic E-state index is -0.417. The maximum atomic E-state index is 13.0. The molecule has 1 aliphatic rings. The molecular weight excluding hydrogens is 302 g/mol. The molecule has 1 N–H and O–H groups in total. The van der Waals surface area contributed by atoms with Crippen LogP contribution in [0.5, 0.6) is 0 Å². The highest BCUT2D eigenvalue weighted by atomic mass is 16.2. The molecule has 0 radical (unpaired) electrons. The smallest absolute Gasteiger partial charge is 0.279 e. The molecule has 0 aliphatic carbocycles. The summed E-state index contributed by atoms with van der Waals surface area (Å²) in [4.78, 5) is 34.0. The summed E-state index contributed by atoms with van der Waals surface area (Å²) >= 11 is 0. The van der Waals surface area contributed by atoms with Crippen molar-refractivity contribution in [3.05, 3.63) is 63.3 Å². The van der Waals surface area contributed by atoms with E-state index in [4.69, 9.17) is 0 Å². The Morgan fingerprint density at radius 1 is 1.25 bits per heavy atom. The maximum absolute atomic E-state index is 13.0. The van der Waals surface area contributed by atoms with Gasteiger partial charge in [-0.25, -0.2) is 4.98 Å². The molecule has 1 amide bonds. The number of nitrogens with one attached hydrogen (secondary N) is 1. The van der Waals surface area contributed by atoms with E-state index in [0.717, 1.165) is 12.0 Å². The SMILES string of the molecule is Cc1nc(C(=O)N2CC(C)(C)CC2c2ccccc2)c(=O)[nH]c1C. The van der Waals surface area contributed by atoms with Crippen LogP contribution in [0.4, 0.5) is 0 Å². The van der Waals surface area contributed by atoms with Crippen LogP contribution in [0.3, 0.4) is 0 Å². The van der Waals surface area contributed by atoms with E-state index in [1.54, 1.807) is 18.7 Å². The Morgan fingerprint density at radius 2 is 1.92 bits per heavy atom. The first-order valence-corrected chi connectivity index (χ1v) is 8.22. The first-order chi connectivity index (χ1) is 11.3. The molecule has 3 rings (SSSR count). The molecule has 0 spiro atoms. The van der Waals surface area contributed by atoms with Gasteiger partial charge in [0.05, 0.1) is 11.7 Å². The zero-order valence-corrected chi connectivity index (χ0v) is 14.6. The highest BCUT2D eigenvalue weighted by Gasteiger charge is 2.41. The maximum Gasteiger partial charge on any atom is 0.279 e. The number of aromatic amines is 1. The lowest BCUT2D eigenvalue weighted by molar-refractivity contribution is 0.0716. The molecule has 1 saturated heterocycles. The van der Waals surface area contributed by atoms with Crippen LogP contribution in [0, 0.1) is 19.3 Å². The summed E-state index contributed by atoms with van der Waals surface area (Å²) in [7, 11) is 0. The topological polar surface area (TPSA) is 66.1 Å². The van der Waals surface area contributed by atoms with Crippen LogP contribution in [-0.4, -0.2) is 27.3 Å². The van der Waals surface area contributed by atoms with Crippen molar-refractivity contribution in [3.63, 3.8) is 0 Å². The molecule has 5 heteroatoms. The number of hydrogen-bond acceptors (Lipinski definition) is 3. The number of aromatic nitrogens is 2. The Morgan fingerprint density at radius 3 is 2.58 bits per heavy atom. The highest BCUT2D eigenvalue weighted by Crippen LogP contribution is 2.42. The number of rotatable bonds is 2. The fourth-order valence-corrected chi connectivity index (χ4v) is 3.36. The van der Waals surface area contributed by atoms with Gasteiger partial charge < -0.3 is 9.88 Å². The number of amides is 1. The molecule has 1 atom stereocenters. The number of benzene rings is 1. The second kappa shape index (κ2) is 5.89. The van der Waals surface area contributed by atoms with Gasteiger partial charge in [-0.1, -0.05) is 44.2 Å². The number of aryl methyl sites for hydroxylation is 2. The zero-order chi connectivity index (χ0) is 17.5. The zero-order valence-electron chi connectivity index (χ0n) is 14.6. The van der Waals surface area contributed by atoms with E-state index in [0.29, 0.717) is 17.9 Å². The van der Waals surface area contributed by atoms with Crippen LogP contribution >= 0.6 is 0 Å². The first-order valence-electron chi connectivity index (χ1n) is 8.22. The number of carbonyl (C=O) groups is 1. The molecule has 0 bridgehead atoms. The number of likely N-dealkylation sites (tertiary alicyclic amines) is 1. The Labute approximate surface area is 141 Å². The number of hydrogen-bond donors (Lipinski definition) is 1. The van der Waals surface area contributed by atoms with Crippen molar-refractivity contribution >= 4 is 5.91 Å². The van der Waals surface area contributed by atoms with Crippen LogP contribution in [0.1, 0.15) is 53.7 Å². The Bertz CT molecular complexity index is 824. The van der Waals surface area contributed by atoms with Crippen molar-refractivity contribution in [2.24, 2.45) is 5.41 Å². The van der Waals surface area contributed by atoms with Gasteiger partial charge in [0.2, 0.25) is 0 Å². The largest absolute Gasteiger partial charge is 0.330 e. The van der Waals surface area contributed by atoms with Gasteiger partial charge in [0.15, 0.2) is 5.69 Å². The van der Waals surface area contributed by atoms with Gasteiger partial charge >= 0.3 is 0 Å². The third kappa shape index (κ3) is 2.98. The lowest BCUT2D eigenvalue weighted by Gasteiger charge is -2.24. The molecule has 126 valence electrons. The normalized spacial score (nSPS) is 19.5. The predicted molar refractivity (Wildman–Crippen MR) is 92.9 cm³/mol. The fourth-order valence-electron chi connectivity index (χ4n) is 3.36. The number of H-pyrrole nitrogens is 1. The molecule has 1 aliphatic heterocycles. The summed E-state index contributed by atoms with van der Waals surface area (Å²) in [5.41, 5.74) is 2.03. The summed E-state index contributed by atoms with van der Waals surface area (Å²) in [5, 5.41) is 0. The minimum absolute atomic E-state index is 0.00265. The van der Waals surface area contributed by atoms with E-state index >= 15 is 0 Å². The monoisotopic (exact) mass is 325 g/mol. The van der Waals surface area contributed by atoms with Gasteiger partial charge in [-0.3, -0.25) is 9.59 Å². The Balaban J connectivity index is 2.01. The van der Waals surface area contributed by atoms with Crippen LogP contribution in [0.15, 0.2) is 35.1 Å². The molecular formula is C19H23N3O2. The third-order valence-corrected chi connectivity index (χ3v) is 4.71. The predicted octanol–water partition coefficient (Wildman–Crippen LogP) is 3.00. The molecule has 24 heavy (non-hydrogen) atoms. The summed E-state index contributed by atoms with van der Waals surface area (Å²) in [6, 6.07) is 9.95. The summed E-state index contributed by atoms with van der Waals surface area (Å²) in [6.45, 7) is 8.48. The Kier molecular flexibility index (Phi) is 4.03. The Hall–Kier alpha value is -2.43. The molecule has 2 heterocycles. The van der Waals surface area contributed by atoms with E-state index in [1.807, 2.05) is 30.3 Å². The van der Waals surface area contributed by atoms with E-state index < -0.39 is 5.56 Å². The molecule has 2 aromatic rings. The summed E-state index contributed by atoms with van der Waals surface area (Å²) in [5.74, 6) is -0.293. The van der Waals surface area contributed by atoms with Crippen molar-refractivity contribution < 1.29 is 4.79 Å². The average Bonchev–Trinajstić information content (AvgIpc) is 2.87. The molecule has 1 unspecified atom stereocenters. The third-order valence-electron chi connectivity index (χ3n) is 4.71. The molecule has 1 aromatic heterocycles. The number of carbonyl (C=O) groups excluding carboxylic acids is 1. The minimum Gasteiger partial charge on any atom is -0.330 e. The van der Waals surface area contributed by atoms with E-state index in [9.17, 15) is 9.59 Å². The van der Waals surface area contributed by atoms with Crippen molar-refractivity contribution in [2.45, 2.75) is 40.2 Å². The van der Waals surface area contributed by atoms with Crippen molar-refractivity contribution in [1.29, 1.82) is 0 Å². The van der Waals surface area contributed by atoms with Crippen molar-refractivity contribution in [3.8, 4) is 0 Å². The fraction of sp³-hybridized carbons (Fsp3) is 0.421. The van der Waals surface area contributed by atoms with Gasteiger partial charge in [0.1, 0.15) is 0 Å². The molecule has 5 nitrogen and oxygen atoms in total. The van der Waals surface area contributed by atoms with E-state index in [1.165, 1.54) is 0 Å². The van der Waals surface area contributed by atoms with Gasteiger partial charge in [-0.2, -0.15) is 0 Å². The second-order valence-corrected chi connectivity index (χ2v) is 7.35. The standard InChI is InChI=1S/C19H23N3O2/c1-12-13(2)21-17(23)16(20-12)18(24)22-11-19(3,4)10-15(22)14-8-6-5-7-9-14/h5-9,15H,10-11H2,1-4H3,(H,21,23). The van der Waals surface area contributed by atoms with Crippen LogP contribution in [0.25, 0.3) is 0 Å².